The van der Waals surface area contributed by atoms with Crippen LogP contribution in [0.25, 0.3) is 0 Å². The molecule has 128 valence electrons. The third-order valence-electron chi connectivity index (χ3n) is 4.06. The van der Waals surface area contributed by atoms with E-state index in [1.807, 2.05) is 39.2 Å². The predicted molar refractivity (Wildman–Crippen MR) is 94.4 cm³/mol. The van der Waals surface area contributed by atoms with Gasteiger partial charge in [0.15, 0.2) is 0 Å². The number of sulfonamides is 1. The van der Waals surface area contributed by atoms with E-state index in [0.717, 1.165) is 16.7 Å². The highest BCUT2D eigenvalue weighted by Gasteiger charge is 2.31. The van der Waals surface area contributed by atoms with E-state index < -0.39 is 10.0 Å². The minimum absolute atomic E-state index is 0.0808. The Balaban J connectivity index is 2.19. The fourth-order valence-electron chi connectivity index (χ4n) is 3.10. The number of nitrogens with zero attached hydrogens (tertiary/aromatic N) is 2. The van der Waals surface area contributed by atoms with Crippen molar-refractivity contribution in [3.63, 3.8) is 0 Å². The molecule has 5 nitrogen and oxygen atoms in total. The van der Waals surface area contributed by atoms with E-state index in [-0.39, 0.29) is 5.91 Å². The maximum Gasteiger partial charge on any atom is 0.243 e. The number of carbonyl (C=O) groups excluding carboxylic acids is 1. The van der Waals surface area contributed by atoms with E-state index in [0.29, 0.717) is 36.8 Å². The van der Waals surface area contributed by atoms with Gasteiger partial charge in [-0.2, -0.15) is 16.1 Å². The van der Waals surface area contributed by atoms with Gasteiger partial charge in [-0.25, -0.2) is 8.42 Å². The van der Waals surface area contributed by atoms with Crippen LogP contribution in [-0.4, -0.2) is 61.7 Å². The molecular formula is C16H24N2O3S2. The number of piperazine rings is 1. The Morgan fingerprint density at radius 2 is 1.61 bits per heavy atom. The second-order valence-corrected chi connectivity index (χ2v) is 8.69. The van der Waals surface area contributed by atoms with Crippen LogP contribution in [0.15, 0.2) is 17.0 Å². The molecule has 1 aliphatic heterocycles. The smallest absolute Gasteiger partial charge is 0.243 e. The van der Waals surface area contributed by atoms with Crippen LogP contribution in [0.4, 0.5) is 0 Å². The molecule has 7 heteroatoms. The van der Waals surface area contributed by atoms with Crippen molar-refractivity contribution in [1.29, 1.82) is 0 Å². The lowest BCUT2D eigenvalue weighted by Gasteiger charge is -2.34. The highest BCUT2D eigenvalue weighted by Crippen LogP contribution is 2.26. The van der Waals surface area contributed by atoms with Gasteiger partial charge in [0.05, 0.1) is 10.6 Å². The van der Waals surface area contributed by atoms with Crippen LogP contribution in [0.3, 0.4) is 0 Å². The first-order valence-corrected chi connectivity index (χ1v) is 10.5. The van der Waals surface area contributed by atoms with E-state index >= 15 is 0 Å². The quantitative estimate of drug-likeness (QED) is 0.826. The van der Waals surface area contributed by atoms with Crippen LogP contribution in [0.1, 0.15) is 16.7 Å². The molecule has 2 rings (SSSR count). The lowest BCUT2D eigenvalue weighted by molar-refractivity contribution is -0.129. The molecule has 1 heterocycles. The van der Waals surface area contributed by atoms with Crippen molar-refractivity contribution in [2.75, 3.05) is 38.2 Å². The van der Waals surface area contributed by atoms with Crippen LogP contribution in [0, 0.1) is 20.8 Å². The molecule has 0 N–H and O–H groups in total. The molecular weight excluding hydrogens is 332 g/mol. The number of aryl methyl sites for hydroxylation is 3. The Kier molecular flexibility index (Phi) is 5.75. The van der Waals surface area contributed by atoms with Gasteiger partial charge in [-0.05, 0) is 38.2 Å². The molecule has 0 bridgehead atoms. The molecule has 1 aromatic carbocycles. The minimum Gasteiger partial charge on any atom is -0.339 e. The summed E-state index contributed by atoms with van der Waals surface area (Å²) < 4.78 is 27.4. The number of thioether (sulfide) groups is 1. The van der Waals surface area contributed by atoms with E-state index in [1.165, 1.54) is 16.1 Å². The minimum atomic E-state index is -3.51. The number of hydrogen-bond acceptors (Lipinski definition) is 4. The molecule has 1 aliphatic rings. The van der Waals surface area contributed by atoms with Crippen LogP contribution in [0.2, 0.25) is 0 Å². The summed E-state index contributed by atoms with van der Waals surface area (Å²) in [5.41, 5.74) is 2.62. The molecule has 0 spiro atoms. The van der Waals surface area contributed by atoms with E-state index in [4.69, 9.17) is 0 Å². The van der Waals surface area contributed by atoms with Crippen LogP contribution in [-0.2, 0) is 14.8 Å². The molecule has 0 aliphatic carbocycles. The number of benzene rings is 1. The second-order valence-electron chi connectivity index (χ2n) is 5.95. The largest absolute Gasteiger partial charge is 0.339 e. The summed E-state index contributed by atoms with van der Waals surface area (Å²) in [5.74, 6) is 0.528. The third kappa shape index (κ3) is 3.89. The molecule has 0 aromatic heterocycles. The highest BCUT2D eigenvalue weighted by atomic mass is 32.2. The van der Waals surface area contributed by atoms with Crippen molar-refractivity contribution < 1.29 is 13.2 Å². The predicted octanol–water partition coefficient (Wildman–Crippen LogP) is 1.81. The van der Waals surface area contributed by atoms with Gasteiger partial charge in [0.25, 0.3) is 0 Å². The van der Waals surface area contributed by atoms with Gasteiger partial charge in [-0.1, -0.05) is 17.7 Å². The molecule has 0 saturated carbocycles. The van der Waals surface area contributed by atoms with E-state index in [2.05, 4.69) is 0 Å². The summed E-state index contributed by atoms with van der Waals surface area (Å²) in [7, 11) is -3.51. The Morgan fingerprint density at radius 3 is 2.09 bits per heavy atom. The first kappa shape index (κ1) is 18.3. The van der Waals surface area contributed by atoms with Gasteiger partial charge in [0, 0.05) is 26.2 Å². The van der Waals surface area contributed by atoms with Crippen molar-refractivity contribution in [3.8, 4) is 0 Å². The van der Waals surface area contributed by atoms with Crippen molar-refractivity contribution in [3.05, 3.63) is 28.8 Å². The third-order valence-corrected chi connectivity index (χ3v) is 6.80. The SMILES string of the molecule is CSCC(=O)N1CCN(S(=O)(=O)c2c(C)cc(C)cc2C)CC1. The Bertz CT molecular complexity index is 670. The fourth-order valence-corrected chi connectivity index (χ4v) is 5.36. The van der Waals surface area contributed by atoms with Crippen molar-refractivity contribution in [2.24, 2.45) is 0 Å². The van der Waals surface area contributed by atoms with Crippen molar-refractivity contribution in [2.45, 2.75) is 25.7 Å². The fraction of sp³-hybridized carbons (Fsp3) is 0.562. The number of carbonyl (C=O) groups is 1. The summed E-state index contributed by atoms with van der Waals surface area (Å²) >= 11 is 1.49. The van der Waals surface area contributed by atoms with Gasteiger partial charge in [-0.3, -0.25) is 4.79 Å². The molecule has 0 atom stereocenters. The molecule has 23 heavy (non-hydrogen) atoms. The molecule has 0 radical (unpaired) electrons. The molecule has 1 fully saturated rings. The average Bonchev–Trinajstić information content (AvgIpc) is 2.46. The molecule has 1 aromatic rings. The Hall–Kier alpha value is -1.05. The summed E-state index contributed by atoms with van der Waals surface area (Å²) in [4.78, 5) is 14.1. The summed E-state index contributed by atoms with van der Waals surface area (Å²) in [6, 6.07) is 3.80. The van der Waals surface area contributed by atoms with Crippen molar-refractivity contribution in [1.82, 2.24) is 9.21 Å². The van der Waals surface area contributed by atoms with Gasteiger partial charge >= 0.3 is 0 Å². The second kappa shape index (κ2) is 7.23. The maximum atomic E-state index is 13.0. The normalized spacial score (nSPS) is 16.6. The van der Waals surface area contributed by atoms with Gasteiger partial charge in [0.1, 0.15) is 0 Å². The van der Waals surface area contributed by atoms with Gasteiger partial charge in [-0.15, -0.1) is 0 Å². The number of hydrogen-bond donors (Lipinski definition) is 0. The van der Waals surface area contributed by atoms with Crippen LogP contribution < -0.4 is 0 Å². The summed E-state index contributed by atoms with van der Waals surface area (Å²) in [6.07, 6.45) is 1.89. The zero-order valence-corrected chi connectivity index (χ0v) is 15.8. The molecule has 1 saturated heterocycles. The summed E-state index contributed by atoms with van der Waals surface area (Å²) in [6.45, 7) is 7.28. The average molecular weight is 357 g/mol. The first-order valence-electron chi connectivity index (χ1n) is 7.62. The first-order chi connectivity index (χ1) is 10.8. The van der Waals surface area contributed by atoms with E-state index in [1.54, 1.807) is 4.90 Å². The lowest BCUT2D eigenvalue weighted by Crippen LogP contribution is -2.51. The topological polar surface area (TPSA) is 57.7 Å². The highest BCUT2D eigenvalue weighted by molar-refractivity contribution is 7.99. The molecule has 0 unspecified atom stereocenters. The van der Waals surface area contributed by atoms with E-state index in [9.17, 15) is 13.2 Å². The zero-order chi connectivity index (χ0) is 17.2. The van der Waals surface area contributed by atoms with Gasteiger partial charge in [0.2, 0.25) is 15.9 Å². The standard InChI is InChI=1S/C16H24N2O3S2/c1-12-9-13(2)16(14(3)10-12)23(20,21)18-7-5-17(6-8-18)15(19)11-22-4/h9-10H,5-8,11H2,1-4H3. The van der Waals surface area contributed by atoms with Crippen molar-refractivity contribution >= 4 is 27.7 Å². The monoisotopic (exact) mass is 356 g/mol. The van der Waals surface area contributed by atoms with Gasteiger partial charge < -0.3 is 4.90 Å². The summed E-state index contributed by atoms with van der Waals surface area (Å²) in [5, 5.41) is 0. The lowest BCUT2D eigenvalue weighted by atomic mass is 10.1. The zero-order valence-electron chi connectivity index (χ0n) is 14.1. The Labute approximate surface area is 143 Å². The Morgan fingerprint density at radius 1 is 1.09 bits per heavy atom. The molecule has 1 amide bonds. The number of rotatable bonds is 4. The van der Waals surface area contributed by atoms with Crippen LogP contribution in [0.5, 0.6) is 0 Å². The van der Waals surface area contributed by atoms with Crippen LogP contribution >= 0.6 is 11.8 Å². The number of amides is 1. The maximum absolute atomic E-state index is 13.0.